The summed E-state index contributed by atoms with van der Waals surface area (Å²) < 4.78 is 15.4. The highest BCUT2D eigenvalue weighted by Crippen LogP contribution is 2.41. The molecule has 134 valence electrons. The number of halogens is 1. The van der Waals surface area contributed by atoms with Crippen molar-refractivity contribution in [3.05, 3.63) is 24.3 Å². The van der Waals surface area contributed by atoms with Crippen LogP contribution < -0.4 is 11.0 Å². The maximum Gasteiger partial charge on any atom is 0.162 e. The van der Waals surface area contributed by atoms with Gasteiger partial charge in [0.15, 0.2) is 5.82 Å². The van der Waals surface area contributed by atoms with E-state index in [9.17, 15) is 4.39 Å². The SMILES string of the molecule is FC1CCN(CC2CCC(C3NNn4cnc5nccc-5c43)CC2)C1. The van der Waals surface area contributed by atoms with E-state index in [1.807, 2.05) is 17.2 Å². The fourth-order valence-electron chi connectivity index (χ4n) is 4.91. The van der Waals surface area contributed by atoms with Gasteiger partial charge in [-0.1, -0.05) is 0 Å². The lowest BCUT2D eigenvalue weighted by molar-refractivity contribution is 0.178. The van der Waals surface area contributed by atoms with Crippen LogP contribution in [0.2, 0.25) is 0 Å². The molecule has 5 aliphatic rings. The molecule has 1 saturated carbocycles. The number of likely N-dealkylation sites (tertiary alicyclic amines) is 1. The van der Waals surface area contributed by atoms with E-state index < -0.39 is 6.17 Å². The van der Waals surface area contributed by atoms with Crippen molar-refractivity contribution in [1.29, 1.82) is 0 Å². The van der Waals surface area contributed by atoms with Crippen molar-refractivity contribution in [3.63, 3.8) is 0 Å². The van der Waals surface area contributed by atoms with Crippen LogP contribution >= 0.6 is 0 Å². The van der Waals surface area contributed by atoms with Crippen molar-refractivity contribution in [2.24, 2.45) is 11.8 Å². The lowest BCUT2D eigenvalue weighted by Gasteiger charge is -2.33. The minimum absolute atomic E-state index is 0.303. The molecule has 0 spiro atoms. The molecule has 0 aromatic carbocycles. The van der Waals surface area contributed by atoms with Crippen molar-refractivity contribution in [1.82, 2.24) is 25.0 Å². The highest BCUT2D eigenvalue weighted by Gasteiger charge is 2.36. The predicted octanol–water partition coefficient (Wildman–Crippen LogP) is 2.34. The number of alkyl halides is 1. The Bertz CT molecular complexity index is 710. The summed E-state index contributed by atoms with van der Waals surface area (Å²) in [6.07, 6.45) is 8.67. The molecule has 0 radical (unpaired) electrons. The summed E-state index contributed by atoms with van der Waals surface area (Å²) in [6, 6.07) is 2.36. The average Bonchev–Trinajstić information content (AvgIpc) is 3.34. The summed E-state index contributed by atoms with van der Waals surface area (Å²) >= 11 is 0. The quantitative estimate of drug-likeness (QED) is 0.895. The van der Waals surface area contributed by atoms with Crippen LogP contribution in [0.4, 0.5) is 4.39 Å². The second kappa shape index (κ2) is 6.21. The van der Waals surface area contributed by atoms with Gasteiger partial charge in [0.2, 0.25) is 0 Å². The van der Waals surface area contributed by atoms with Crippen molar-refractivity contribution in [3.8, 4) is 11.4 Å². The third-order valence-corrected chi connectivity index (χ3v) is 6.24. The van der Waals surface area contributed by atoms with E-state index in [4.69, 9.17) is 0 Å². The largest absolute Gasteiger partial charge is 0.300 e. The first-order valence-corrected chi connectivity index (χ1v) is 9.48. The smallest absolute Gasteiger partial charge is 0.162 e. The molecule has 25 heavy (non-hydrogen) atoms. The first-order chi connectivity index (χ1) is 12.3. The Hall–Kier alpha value is -1.73. The molecule has 0 aromatic heterocycles. The Kier molecular flexibility index (Phi) is 3.86. The molecule has 2 fully saturated rings. The van der Waals surface area contributed by atoms with E-state index in [0.717, 1.165) is 36.8 Å². The van der Waals surface area contributed by atoms with Crippen LogP contribution in [0.3, 0.4) is 0 Å². The van der Waals surface area contributed by atoms with E-state index in [1.54, 1.807) is 0 Å². The van der Waals surface area contributed by atoms with Gasteiger partial charge in [-0.25, -0.2) is 24.5 Å². The van der Waals surface area contributed by atoms with Crippen LogP contribution in [-0.2, 0) is 0 Å². The normalized spacial score (nSPS) is 32.8. The van der Waals surface area contributed by atoms with Gasteiger partial charge >= 0.3 is 0 Å². The molecule has 7 heteroatoms. The van der Waals surface area contributed by atoms with Crippen LogP contribution in [0.25, 0.3) is 11.4 Å². The molecule has 1 aliphatic carbocycles. The average molecular weight is 344 g/mol. The number of hydrogen-bond donors (Lipinski definition) is 2. The highest BCUT2D eigenvalue weighted by molar-refractivity contribution is 5.61. The number of nitrogens with one attached hydrogen (secondary N) is 2. The molecule has 4 aliphatic heterocycles. The van der Waals surface area contributed by atoms with Gasteiger partial charge in [-0.15, -0.1) is 0 Å². The van der Waals surface area contributed by atoms with Crippen molar-refractivity contribution in [2.75, 3.05) is 25.2 Å². The van der Waals surface area contributed by atoms with Crippen molar-refractivity contribution < 1.29 is 4.39 Å². The third kappa shape index (κ3) is 2.79. The van der Waals surface area contributed by atoms with Gasteiger partial charge in [-0.3, -0.25) is 5.53 Å². The Labute approximate surface area is 147 Å². The molecule has 1 saturated heterocycles. The molecule has 2 N–H and O–H groups in total. The molecule has 4 heterocycles. The maximum atomic E-state index is 13.4. The Balaban J connectivity index is 1.25. The van der Waals surface area contributed by atoms with Gasteiger partial charge in [0.05, 0.1) is 11.7 Å². The van der Waals surface area contributed by atoms with Crippen LogP contribution in [0.15, 0.2) is 18.6 Å². The Morgan fingerprint density at radius 2 is 2.04 bits per heavy atom. The molecule has 2 atom stereocenters. The zero-order chi connectivity index (χ0) is 16.8. The van der Waals surface area contributed by atoms with Crippen LogP contribution in [0.5, 0.6) is 0 Å². The Morgan fingerprint density at radius 1 is 1.16 bits per heavy atom. The summed E-state index contributed by atoms with van der Waals surface area (Å²) in [5.41, 5.74) is 9.08. The Morgan fingerprint density at radius 3 is 2.84 bits per heavy atom. The lowest BCUT2D eigenvalue weighted by atomic mass is 9.77. The van der Waals surface area contributed by atoms with Crippen LogP contribution in [0.1, 0.15) is 43.8 Å². The van der Waals surface area contributed by atoms with E-state index in [0.29, 0.717) is 18.5 Å². The minimum atomic E-state index is -0.604. The number of rotatable bonds is 3. The monoisotopic (exact) mass is 344 g/mol. The molecule has 0 aromatic rings. The van der Waals surface area contributed by atoms with Gasteiger partial charge in [0, 0.05) is 31.4 Å². The fraction of sp³-hybridized carbons (Fsp3) is 0.667. The topological polar surface area (TPSA) is 58.0 Å². The molecule has 0 bridgehead atoms. The standard InChI is InChI=1S/C18H25FN6/c19-14-6-8-24(10-14)9-12-1-3-13(4-2-12)16-17-15-5-7-20-18(15)21-11-25(17)23-22-16/h5,7,11-14,16,22-23H,1-4,6,8-10H2. The number of hydrogen-bond acceptors (Lipinski definition) is 5. The van der Waals surface area contributed by atoms with Gasteiger partial charge in [-0.05, 0) is 50.0 Å². The van der Waals surface area contributed by atoms with E-state index in [1.165, 1.54) is 31.4 Å². The second-order valence-electron chi connectivity index (χ2n) is 7.84. The van der Waals surface area contributed by atoms with Gasteiger partial charge < -0.3 is 4.90 Å². The summed E-state index contributed by atoms with van der Waals surface area (Å²) in [4.78, 5) is 11.0. The zero-order valence-corrected chi connectivity index (χ0v) is 14.4. The van der Waals surface area contributed by atoms with E-state index >= 15 is 0 Å². The van der Waals surface area contributed by atoms with Crippen LogP contribution in [-0.4, -0.2) is 45.3 Å². The maximum absolute atomic E-state index is 13.4. The summed E-state index contributed by atoms with van der Waals surface area (Å²) in [6.45, 7) is 2.66. The zero-order valence-electron chi connectivity index (χ0n) is 14.4. The number of hydrazine groups is 1. The first-order valence-electron chi connectivity index (χ1n) is 9.48. The number of nitrogens with zero attached hydrogens (tertiary/aromatic N) is 4. The number of fused-ring (bicyclic) bond motifs is 3. The van der Waals surface area contributed by atoms with E-state index in [-0.39, 0.29) is 0 Å². The molecular weight excluding hydrogens is 319 g/mol. The summed E-state index contributed by atoms with van der Waals surface area (Å²) in [7, 11) is 0. The lowest BCUT2D eigenvalue weighted by Crippen LogP contribution is -2.33. The number of aromatic nitrogens is 3. The van der Waals surface area contributed by atoms with Gasteiger partial charge in [0.1, 0.15) is 12.5 Å². The molecule has 5 rings (SSSR count). The van der Waals surface area contributed by atoms with Gasteiger partial charge in [0.25, 0.3) is 0 Å². The highest BCUT2D eigenvalue weighted by atomic mass is 19.1. The minimum Gasteiger partial charge on any atom is -0.300 e. The third-order valence-electron chi connectivity index (χ3n) is 6.24. The van der Waals surface area contributed by atoms with Crippen LogP contribution in [0, 0.1) is 11.8 Å². The van der Waals surface area contributed by atoms with E-state index in [2.05, 4.69) is 31.9 Å². The molecule has 6 nitrogen and oxygen atoms in total. The predicted molar refractivity (Wildman–Crippen MR) is 93.3 cm³/mol. The molecule has 0 amide bonds. The second-order valence-corrected chi connectivity index (χ2v) is 7.84. The molecule has 2 unspecified atom stereocenters. The van der Waals surface area contributed by atoms with Crippen molar-refractivity contribution in [2.45, 2.75) is 44.3 Å². The first kappa shape index (κ1) is 15.5. The summed E-state index contributed by atoms with van der Waals surface area (Å²) in [5, 5.41) is 0. The fourth-order valence-corrected chi connectivity index (χ4v) is 4.91. The summed E-state index contributed by atoms with van der Waals surface area (Å²) in [5.74, 6) is 2.16. The van der Waals surface area contributed by atoms with Gasteiger partial charge in [-0.2, -0.15) is 0 Å². The molecular formula is C18H25FN6. The van der Waals surface area contributed by atoms with Crippen molar-refractivity contribution >= 4 is 0 Å².